The largest absolute Gasteiger partial charge is 0.462 e. The van der Waals surface area contributed by atoms with Gasteiger partial charge < -0.3 is 14.2 Å². The van der Waals surface area contributed by atoms with Crippen molar-refractivity contribution in [1.29, 1.82) is 0 Å². The van der Waals surface area contributed by atoms with Crippen LogP contribution in [0.25, 0.3) is 0 Å². The van der Waals surface area contributed by atoms with Crippen molar-refractivity contribution >= 4 is 17.9 Å². The van der Waals surface area contributed by atoms with Crippen LogP contribution in [0.3, 0.4) is 0 Å². The van der Waals surface area contributed by atoms with Crippen molar-refractivity contribution in [2.45, 2.75) is 258 Å². The average Bonchev–Trinajstić information content (AvgIpc) is 3.30. The van der Waals surface area contributed by atoms with Crippen LogP contribution in [0.2, 0.25) is 0 Å². The van der Waals surface area contributed by atoms with Gasteiger partial charge in [-0.1, -0.05) is 228 Å². The Morgan fingerprint density at radius 1 is 0.323 bits per heavy atom. The number of carbonyl (C=O) groups excluding carboxylic acids is 3. The normalized spacial score (nSPS) is 12.7. The Bertz CT molecular complexity index is 1270. The van der Waals surface area contributed by atoms with Gasteiger partial charge >= 0.3 is 17.9 Å². The molecule has 0 rings (SSSR count). The van der Waals surface area contributed by atoms with Gasteiger partial charge in [-0.05, 0) is 89.9 Å². The molecule has 0 aromatic rings. The molecule has 6 nitrogen and oxygen atoms in total. The number of hydrogen-bond acceptors (Lipinski definition) is 6. The SMILES string of the molecule is CC/C=C\C/C=C\C/C=C\C/C=C\C/C=C\CCCC(=O)OC[C@@H](COC(=O)CCCCCCCCCCCCCCCCC)OC(=O)CCCCCCC/C=C\C/C=C\CCCCC. The molecule has 1 atom stereocenters. The summed E-state index contributed by atoms with van der Waals surface area (Å²) in [6, 6.07) is 0. The molecule has 0 heterocycles. The third-order valence-electron chi connectivity index (χ3n) is 11.4. The zero-order chi connectivity index (χ0) is 47.2. The van der Waals surface area contributed by atoms with Crippen LogP contribution in [0.5, 0.6) is 0 Å². The van der Waals surface area contributed by atoms with E-state index in [0.29, 0.717) is 19.3 Å². The lowest BCUT2D eigenvalue weighted by atomic mass is 10.0. The summed E-state index contributed by atoms with van der Waals surface area (Å²) >= 11 is 0. The molecule has 0 amide bonds. The Kier molecular flexibility index (Phi) is 50.4. The molecule has 6 heteroatoms. The second-order valence-electron chi connectivity index (χ2n) is 17.8. The molecule has 0 aliphatic heterocycles. The Balaban J connectivity index is 4.49. The summed E-state index contributed by atoms with van der Waals surface area (Å²) in [4.78, 5) is 38.0. The average molecular weight is 905 g/mol. The van der Waals surface area contributed by atoms with Crippen molar-refractivity contribution in [3.05, 3.63) is 85.1 Å². The van der Waals surface area contributed by atoms with E-state index >= 15 is 0 Å². The van der Waals surface area contributed by atoms with Crippen LogP contribution in [0.4, 0.5) is 0 Å². The number of rotatable bonds is 48. The maximum atomic E-state index is 12.8. The van der Waals surface area contributed by atoms with Gasteiger partial charge in [-0.25, -0.2) is 0 Å². The van der Waals surface area contributed by atoms with Gasteiger partial charge in [-0.2, -0.15) is 0 Å². The molecule has 372 valence electrons. The maximum Gasteiger partial charge on any atom is 0.306 e. The van der Waals surface area contributed by atoms with Gasteiger partial charge in [-0.3, -0.25) is 14.4 Å². The molecule has 0 saturated heterocycles. The summed E-state index contributed by atoms with van der Waals surface area (Å²) in [6.07, 6.45) is 68.5. The van der Waals surface area contributed by atoms with E-state index in [-0.39, 0.29) is 37.5 Å². The van der Waals surface area contributed by atoms with Gasteiger partial charge in [0.15, 0.2) is 6.10 Å². The summed E-state index contributed by atoms with van der Waals surface area (Å²) in [5.41, 5.74) is 0. The number of unbranched alkanes of at least 4 members (excludes halogenated alkanes) is 23. The van der Waals surface area contributed by atoms with Crippen molar-refractivity contribution in [2.75, 3.05) is 13.2 Å². The van der Waals surface area contributed by atoms with Crippen LogP contribution >= 0.6 is 0 Å². The van der Waals surface area contributed by atoms with Gasteiger partial charge in [0, 0.05) is 19.3 Å². The second-order valence-corrected chi connectivity index (χ2v) is 17.8. The highest BCUT2D eigenvalue weighted by Crippen LogP contribution is 2.15. The first kappa shape index (κ1) is 61.6. The molecule has 0 unspecified atom stereocenters. The van der Waals surface area contributed by atoms with Crippen molar-refractivity contribution in [3.8, 4) is 0 Å². The fraction of sp³-hybridized carbons (Fsp3) is 0.712. The molecule has 0 radical (unpaired) electrons. The molecule has 0 N–H and O–H groups in total. The number of carbonyl (C=O) groups is 3. The van der Waals surface area contributed by atoms with Crippen LogP contribution in [0, 0.1) is 0 Å². The number of hydrogen-bond donors (Lipinski definition) is 0. The highest BCUT2D eigenvalue weighted by Gasteiger charge is 2.19. The number of allylic oxidation sites excluding steroid dienone is 14. The topological polar surface area (TPSA) is 78.9 Å². The standard InChI is InChI=1S/C59H100O6/c1-4-7-10-13-16-19-22-25-28-29-32-34-37-40-43-46-49-52-58(61)64-55-56(65-59(62)53-50-47-44-41-38-35-31-27-24-21-18-15-12-9-6-3)54-63-57(60)51-48-45-42-39-36-33-30-26-23-20-17-14-11-8-5-2/h7,10,16,18-19,21,25,27-28,31-32,34,40,43,56H,4-6,8-9,11-15,17,20,22-24,26,29-30,33,35-39,41-42,44-55H2,1-3H3/b10-7-,19-16-,21-18-,28-25-,31-27-,34-32-,43-40-/t56-/m1/s1. The van der Waals surface area contributed by atoms with E-state index in [1.807, 2.05) is 0 Å². The first-order valence-corrected chi connectivity index (χ1v) is 27.1. The molecule has 0 aliphatic rings. The van der Waals surface area contributed by atoms with Crippen molar-refractivity contribution in [2.24, 2.45) is 0 Å². The third-order valence-corrected chi connectivity index (χ3v) is 11.4. The predicted molar refractivity (Wildman–Crippen MR) is 279 cm³/mol. The molecular weight excluding hydrogens is 805 g/mol. The Morgan fingerprint density at radius 3 is 1.03 bits per heavy atom. The Hall–Kier alpha value is -3.41. The van der Waals surface area contributed by atoms with Gasteiger partial charge in [0.25, 0.3) is 0 Å². The van der Waals surface area contributed by atoms with Crippen molar-refractivity contribution < 1.29 is 28.6 Å². The van der Waals surface area contributed by atoms with Crippen LogP contribution in [-0.4, -0.2) is 37.2 Å². The summed E-state index contributed by atoms with van der Waals surface area (Å²) in [7, 11) is 0. The van der Waals surface area contributed by atoms with Gasteiger partial charge in [-0.15, -0.1) is 0 Å². The van der Waals surface area contributed by atoms with E-state index in [1.54, 1.807) is 0 Å². The highest BCUT2D eigenvalue weighted by molar-refractivity contribution is 5.71. The number of ether oxygens (including phenoxy) is 3. The molecule has 0 fully saturated rings. The van der Waals surface area contributed by atoms with Crippen molar-refractivity contribution in [3.63, 3.8) is 0 Å². The fourth-order valence-corrected chi connectivity index (χ4v) is 7.33. The van der Waals surface area contributed by atoms with Gasteiger partial charge in [0.05, 0.1) is 0 Å². The summed E-state index contributed by atoms with van der Waals surface area (Å²) in [6.45, 7) is 6.45. The van der Waals surface area contributed by atoms with E-state index in [9.17, 15) is 14.4 Å². The van der Waals surface area contributed by atoms with Crippen LogP contribution in [0.15, 0.2) is 85.1 Å². The molecule has 65 heavy (non-hydrogen) atoms. The lowest BCUT2D eigenvalue weighted by Gasteiger charge is -2.18. The van der Waals surface area contributed by atoms with E-state index in [4.69, 9.17) is 14.2 Å². The maximum absolute atomic E-state index is 12.8. The summed E-state index contributed by atoms with van der Waals surface area (Å²) in [5.74, 6) is -0.970. The lowest BCUT2D eigenvalue weighted by Crippen LogP contribution is -2.30. The van der Waals surface area contributed by atoms with Crippen LogP contribution in [-0.2, 0) is 28.6 Å². The van der Waals surface area contributed by atoms with E-state index in [1.165, 1.54) is 103 Å². The number of esters is 3. The first-order valence-electron chi connectivity index (χ1n) is 27.1. The van der Waals surface area contributed by atoms with Crippen LogP contribution < -0.4 is 0 Å². The second kappa shape index (κ2) is 53.2. The molecule has 0 spiro atoms. The zero-order valence-corrected chi connectivity index (χ0v) is 42.5. The monoisotopic (exact) mass is 905 g/mol. The van der Waals surface area contributed by atoms with Crippen molar-refractivity contribution in [1.82, 2.24) is 0 Å². The van der Waals surface area contributed by atoms with Crippen LogP contribution in [0.1, 0.15) is 252 Å². The Labute approximate surface area is 401 Å². The zero-order valence-electron chi connectivity index (χ0n) is 42.5. The van der Waals surface area contributed by atoms with E-state index in [2.05, 4.69) is 106 Å². The quantitative estimate of drug-likeness (QED) is 0.0262. The molecular formula is C59H100O6. The predicted octanol–water partition coefficient (Wildman–Crippen LogP) is 18.0. The lowest BCUT2D eigenvalue weighted by molar-refractivity contribution is -0.167. The first-order chi connectivity index (χ1) is 32.0. The minimum absolute atomic E-state index is 0.0984. The highest BCUT2D eigenvalue weighted by atomic mass is 16.6. The fourth-order valence-electron chi connectivity index (χ4n) is 7.33. The smallest absolute Gasteiger partial charge is 0.306 e. The van der Waals surface area contributed by atoms with Gasteiger partial charge in [0.2, 0.25) is 0 Å². The Morgan fingerprint density at radius 2 is 0.615 bits per heavy atom. The minimum atomic E-state index is -0.805. The molecule has 0 aromatic heterocycles. The van der Waals surface area contributed by atoms with E-state index < -0.39 is 6.10 Å². The molecule has 0 bridgehead atoms. The third kappa shape index (κ3) is 51.4. The van der Waals surface area contributed by atoms with Gasteiger partial charge in [0.1, 0.15) is 13.2 Å². The molecule has 0 aromatic carbocycles. The molecule has 0 saturated carbocycles. The summed E-state index contributed by atoms with van der Waals surface area (Å²) < 4.78 is 16.8. The molecule has 0 aliphatic carbocycles. The minimum Gasteiger partial charge on any atom is -0.462 e. The van der Waals surface area contributed by atoms with E-state index in [0.717, 1.165) is 103 Å². The summed E-state index contributed by atoms with van der Waals surface area (Å²) in [5, 5.41) is 0.